The first-order chi connectivity index (χ1) is 8.53. The Morgan fingerprint density at radius 3 is 2.89 bits per heavy atom. The van der Waals surface area contributed by atoms with Crippen LogP contribution < -0.4 is 10.6 Å². The second-order valence-electron chi connectivity index (χ2n) is 3.96. The van der Waals surface area contributed by atoms with E-state index in [0.29, 0.717) is 26.2 Å². The van der Waals surface area contributed by atoms with Crippen LogP contribution in [0.2, 0.25) is 0 Å². The van der Waals surface area contributed by atoms with Crippen LogP contribution in [0.4, 0.5) is 0 Å². The van der Waals surface area contributed by atoms with E-state index in [-0.39, 0.29) is 18.3 Å². The fourth-order valence-corrected chi connectivity index (χ4v) is 3.32. The van der Waals surface area contributed by atoms with Crippen molar-refractivity contribution in [2.75, 3.05) is 45.6 Å². The van der Waals surface area contributed by atoms with Crippen molar-refractivity contribution in [3.63, 3.8) is 0 Å². The van der Waals surface area contributed by atoms with Crippen LogP contribution in [-0.4, -0.2) is 70.3 Å². The van der Waals surface area contributed by atoms with Crippen molar-refractivity contribution in [1.82, 2.24) is 14.9 Å². The number of carbonyl (C=O) groups excluding carboxylic acids is 1. The third kappa shape index (κ3) is 3.91. The van der Waals surface area contributed by atoms with E-state index >= 15 is 0 Å². The number of ether oxygens (including phenoxy) is 1. The highest BCUT2D eigenvalue weighted by Gasteiger charge is 2.35. The molecule has 0 aromatic heterocycles. The molecule has 1 atom stereocenters. The molecule has 0 aromatic carbocycles. The molecule has 0 bridgehead atoms. The molecule has 106 valence electrons. The van der Waals surface area contributed by atoms with Crippen molar-refractivity contribution < 1.29 is 17.9 Å². The van der Waals surface area contributed by atoms with Gasteiger partial charge >= 0.3 is 0 Å². The Morgan fingerprint density at radius 1 is 1.56 bits per heavy atom. The SMILES string of the molecule is CCOCCS(=O)(=O)N1CCNCC1C(=O)NC. The summed E-state index contributed by atoms with van der Waals surface area (Å²) >= 11 is 0. The molecule has 1 unspecified atom stereocenters. The van der Waals surface area contributed by atoms with Gasteiger partial charge in [-0.2, -0.15) is 4.31 Å². The highest BCUT2D eigenvalue weighted by molar-refractivity contribution is 7.89. The van der Waals surface area contributed by atoms with Crippen LogP contribution in [0.25, 0.3) is 0 Å². The molecule has 1 rings (SSSR count). The lowest BCUT2D eigenvalue weighted by molar-refractivity contribution is -0.124. The molecule has 0 aromatic rings. The normalized spacial score (nSPS) is 21.8. The molecule has 1 heterocycles. The van der Waals surface area contributed by atoms with Crippen molar-refractivity contribution in [3.8, 4) is 0 Å². The number of piperazine rings is 1. The fraction of sp³-hybridized carbons (Fsp3) is 0.900. The van der Waals surface area contributed by atoms with Gasteiger partial charge in [-0.3, -0.25) is 4.79 Å². The van der Waals surface area contributed by atoms with Gasteiger partial charge < -0.3 is 15.4 Å². The molecule has 1 amide bonds. The van der Waals surface area contributed by atoms with Crippen LogP contribution in [0.15, 0.2) is 0 Å². The third-order valence-electron chi connectivity index (χ3n) is 2.79. The molecule has 1 saturated heterocycles. The van der Waals surface area contributed by atoms with Crippen LogP contribution >= 0.6 is 0 Å². The van der Waals surface area contributed by atoms with Gasteiger partial charge in [0, 0.05) is 33.3 Å². The predicted octanol–water partition coefficient (Wildman–Crippen LogP) is -1.63. The van der Waals surface area contributed by atoms with Gasteiger partial charge in [-0.15, -0.1) is 0 Å². The molecule has 18 heavy (non-hydrogen) atoms. The summed E-state index contributed by atoms with van der Waals surface area (Å²) in [4.78, 5) is 11.7. The molecule has 8 heteroatoms. The Labute approximate surface area is 108 Å². The van der Waals surface area contributed by atoms with Gasteiger partial charge in [0.2, 0.25) is 15.9 Å². The summed E-state index contributed by atoms with van der Waals surface area (Å²) in [6.07, 6.45) is 0. The van der Waals surface area contributed by atoms with Gasteiger partial charge in [0.15, 0.2) is 0 Å². The Hall–Kier alpha value is -0.700. The molecule has 0 radical (unpaired) electrons. The fourth-order valence-electron chi connectivity index (χ4n) is 1.83. The molecule has 1 fully saturated rings. The van der Waals surface area contributed by atoms with Gasteiger partial charge in [-0.05, 0) is 6.92 Å². The second kappa shape index (κ2) is 7.03. The monoisotopic (exact) mass is 279 g/mol. The summed E-state index contributed by atoms with van der Waals surface area (Å²) in [7, 11) is -1.95. The number of amides is 1. The third-order valence-corrected chi connectivity index (χ3v) is 4.62. The highest BCUT2D eigenvalue weighted by Crippen LogP contribution is 2.11. The Bertz CT molecular complexity index is 371. The van der Waals surface area contributed by atoms with E-state index in [1.807, 2.05) is 6.92 Å². The summed E-state index contributed by atoms with van der Waals surface area (Å²) in [6, 6.07) is -0.671. The van der Waals surface area contributed by atoms with E-state index in [1.54, 1.807) is 0 Å². The molecular formula is C10H21N3O4S. The van der Waals surface area contributed by atoms with E-state index in [9.17, 15) is 13.2 Å². The maximum absolute atomic E-state index is 12.1. The van der Waals surface area contributed by atoms with Crippen LogP contribution in [0.1, 0.15) is 6.92 Å². The quantitative estimate of drug-likeness (QED) is 0.570. The average Bonchev–Trinajstić information content (AvgIpc) is 2.38. The maximum Gasteiger partial charge on any atom is 0.239 e. The summed E-state index contributed by atoms with van der Waals surface area (Å²) in [6.45, 7) is 3.66. The van der Waals surface area contributed by atoms with Gasteiger partial charge in [-0.1, -0.05) is 0 Å². The van der Waals surface area contributed by atoms with Crippen molar-refractivity contribution in [1.29, 1.82) is 0 Å². The van der Waals surface area contributed by atoms with Crippen LogP contribution in [0.5, 0.6) is 0 Å². The summed E-state index contributed by atoms with van der Waals surface area (Å²) in [5.74, 6) is -0.379. The first kappa shape index (κ1) is 15.4. The Kier molecular flexibility index (Phi) is 6.00. The summed E-state index contributed by atoms with van der Waals surface area (Å²) < 4.78 is 30.6. The topological polar surface area (TPSA) is 87.7 Å². The van der Waals surface area contributed by atoms with E-state index < -0.39 is 16.1 Å². The summed E-state index contributed by atoms with van der Waals surface area (Å²) in [5.41, 5.74) is 0. The molecule has 0 saturated carbocycles. The largest absolute Gasteiger partial charge is 0.381 e. The van der Waals surface area contributed by atoms with E-state index in [0.717, 1.165) is 0 Å². The van der Waals surface area contributed by atoms with Crippen molar-refractivity contribution in [2.45, 2.75) is 13.0 Å². The van der Waals surface area contributed by atoms with Crippen molar-refractivity contribution in [2.24, 2.45) is 0 Å². The minimum absolute atomic E-state index is 0.0890. The Balaban J connectivity index is 2.73. The van der Waals surface area contributed by atoms with E-state index in [1.165, 1.54) is 11.4 Å². The number of nitrogens with zero attached hydrogens (tertiary/aromatic N) is 1. The van der Waals surface area contributed by atoms with Crippen molar-refractivity contribution >= 4 is 15.9 Å². The molecule has 1 aliphatic rings. The lowest BCUT2D eigenvalue weighted by Gasteiger charge is -2.33. The Morgan fingerprint density at radius 2 is 2.28 bits per heavy atom. The van der Waals surface area contributed by atoms with Gasteiger partial charge in [0.05, 0.1) is 12.4 Å². The zero-order valence-corrected chi connectivity index (χ0v) is 11.6. The van der Waals surface area contributed by atoms with E-state index in [4.69, 9.17) is 4.74 Å². The van der Waals surface area contributed by atoms with Crippen molar-refractivity contribution in [3.05, 3.63) is 0 Å². The van der Waals surface area contributed by atoms with Crippen LogP contribution in [-0.2, 0) is 19.6 Å². The van der Waals surface area contributed by atoms with Gasteiger partial charge in [0.1, 0.15) is 6.04 Å². The maximum atomic E-state index is 12.1. The van der Waals surface area contributed by atoms with Gasteiger partial charge in [-0.25, -0.2) is 8.42 Å². The number of carbonyl (C=O) groups is 1. The highest BCUT2D eigenvalue weighted by atomic mass is 32.2. The predicted molar refractivity (Wildman–Crippen MR) is 67.7 cm³/mol. The number of hydrogen-bond acceptors (Lipinski definition) is 5. The van der Waals surface area contributed by atoms with Crippen LogP contribution in [0.3, 0.4) is 0 Å². The molecular weight excluding hydrogens is 258 g/mol. The molecule has 0 spiro atoms. The lowest BCUT2D eigenvalue weighted by atomic mass is 10.2. The number of rotatable bonds is 6. The number of sulfonamides is 1. The lowest BCUT2D eigenvalue weighted by Crippen LogP contribution is -2.59. The van der Waals surface area contributed by atoms with Gasteiger partial charge in [0.25, 0.3) is 0 Å². The number of nitrogens with one attached hydrogen (secondary N) is 2. The molecule has 1 aliphatic heterocycles. The zero-order valence-electron chi connectivity index (χ0n) is 10.8. The summed E-state index contributed by atoms with van der Waals surface area (Å²) in [5, 5.41) is 5.51. The smallest absolute Gasteiger partial charge is 0.239 e. The number of likely N-dealkylation sites (N-methyl/N-ethyl adjacent to an activating group) is 1. The minimum Gasteiger partial charge on any atom is -0.381 e. The van der Waals surface area contributed by atoms with E-state index in [2.05, 4.69) is 10.6 Å². The average molecular weight is 279 g/mol. The first-order valence-electron chi connectivity index (χ1n) is 6.02. The number of hydrogen-bond donors (Lipinski definition) is 2. The first-order valence-corrected chi connectivity index (χ1v) is 7.63. The standard InChI is InChI=1S/C10H21N3O4S/c1-3-17-6-7-18(15,16)13-5-4-12-8-9(13)10(14)11-2/h9,12H,3-8H2,1-2H3,(H,11,14). The molecule has 2 N–H and O–H groups in total. The zero-order chi connectivity index (χ0) is 13.6. The minimum atomic E-state index is -3.45. The van der Waals surface area contributed by atoms with Crippen LogP contribution in [0, 0.1) is 0 Å². The molecule has 0 aliphatic carbocycles. The second-order valence-corrected chi connectivity index (χ2v) is 6.00. The molecule has 7 nitrogen and oxygen atoms in total.